The fraction of sp³-hybridized carbons (Fsp3) is 0.500. The standard InChI is InChI=1S/C12H15ClFN3O/c1-15-12(18)8-3-2-4-17(7-8)11-10(14)5-9(13)6-16-11/h5-6,8H,2-4,7H2,1H3,(H,15,18). The fourth-order valence-corrected chi connectivity index (χ4v) is 2.37. The number of anilines is 1. The molecule has 0 spiro atoms. The number of pyridine rings is 1. The van der Waals surface area contributed by atoms with Crippen molar-refractivity contribution in [2.75, 3.05) is 25.0 Å². The van der Waals surface area contributed by atoms with E-state index in [2.05, 4.69) is 10.3 Å². The number of halogens is 2. The molecular formula is C12H15ClFN3O. The summed E-state index contributed by atoms with van der Waals surface area (Å²) in [6, 6.07) is 1.24. The summed E-state index contributed by atoms with van der Waals surface area (Å²) >= 11 is 5.67. The van der Waals surface area contributed by atoms with Gasteiger partial charge in [-0.3, -0.25) is 4.79 Å². The van der Waals surface area contributed by atoms with E-state index in [-0.39, 0.29) is 22.7 Å². The first-order valence-electron chi connectivity index (χ1n) is 5.89. The summed E-state index contributed by atoms with van der Waals surface area (Å²) in [5.74, 6) is -0.289. The lowest BCUT2D eigenvalue weighted by molar-refractivity contribution is -0.124. The molecule has 1 saturated heterocycles. The largest absolute Gasteiger partial charge is 0.359 e. The van der Waals surface area contributed by atoms with Gasteiger partial charge in [0.05, 0.1) is 10.9 Å². The minimum absolute atomic E-state index is 0.00549. The van der Waals surface area contributed by atoms with Gasteiger partial charge >= 0.3 is 0 Å². The lowest BCUT2D eigenvalue weighted by Gasteiger charge is -2.32. The SMILES string of the molecule is CNC(=O)C1CCCN(c2ncc(Cl)cc2F)C1. The Kier molecular flexibility index (Phi) is 4.01. The molecule has 1 aromatic heterocycles. The van der Waals surface area contributed by atoms with Crippen molar-refractivity contribution in [3.63, 3.8) is 0 Å². The highest BCUT2D eigenvalue weighted by molar-refractivity contribution is 6.30. The zero-order valence-electron chi connectivity index (χ0n) is 10.1. The normalized spacial score (nSPS) is 19.7. The third-order valence-electron chi connectivity index (χ3n) is 3.13. The Balaban J connectivity index is 2.15. The highest BCUT2D eigenvalue weighted by Gasteiger charge is 2.27. The van der Waals surface area contributed by atoms with Gasteiger partial charge in [0, 0.05) is 26.3 Å². The number of nitrogens with one attached hydrogen (secondary N) is 1. The van der Waals surface area contributed by atoms with Crippen LogP contribution in [-0.4, -0.2) is 31.0 Å². The van der Waals surface area contributed by atoms with E-state index in [4.69, 9.17) is 11.6 Å². The minimum atomic E-state index is -0.444. The van der Waals surface area contributed by atoms with Crippen molar-refractivity contribution >= 4 is 23.3 Å². The average molecular weight is 272 g/mol. The van der Waals surface area contributed by atoms with Crippen LogP contribution in [0.2, 0.25) is 5.02 Å². The van der Waals surface area contributed by atoms with Crippen LogP contribution in [0.5, 0.6) is 0 Å². The second-order valence-corrected chi connectivity index (χ2v) is 4.79. The van der Waals surface area contributed by atoms with E-state index in [0.717, 1.165) is 12.8 Å². The Morgan fingerprint density at radius 3 is 3.11 bits per heavy atom. The van der Waals surface area contributed by atoms with Crippen LogP contribution >= 0.6 is 11.6 Å². The van der Waals surface area contributed by atoms with Gasteiger partial charge in [-0.2, -0.15) is 0 Å². The van der Waals surface area contributed by atoms with Crippen molar-refractivity contribution in [3.05, 3.63) is 23.1 Å². The predicted octanol–water partition coefficient (Wildman–Crippen LogP) is 1.84. The Labute approximate surface area is 110 Å². The predicted molar refractivity (Wildman–Crippen MR) is 68.2 cm³/mol. The summed E-state index contributed by atoms with van der Waals surface area (Å²) in [7, 11) is 1.61. The molecule has 1 unspecified atom stereocenters. The number of aromatic nitrogens is 1. The summed E-state index contributed by atoms with van der Waals surface area (Å²) in [4.78, 5) is 17.4. The fourth-order valence-electron chi connectivity index (χ4n) is 2.23. The van der Waals surface area contributed by atoms with E-state index < -0.39 is 5.82 Å². The summed E-state index contributed by atoms with van der Waals surface area (Å²) in [5.41, 5.74) is 0. The lowest BCUT2D eigenvalue weighted by atomic mass is 9.97. The summed E-state index contributed by atoms with van der Waals surface area (Å²) in [6.07, 6.45) is 3.09. The summed E-state index contributed by atoms with van der Waals surface area (Å²) in [6.45, 7) is 1.20. The first-order valence-corrected chi connectivity index (χ1v) is 6.27. The Morgan fingerprint density at radius 1 is 1.67 bits per heavy atom. The zero-order valence-corrected chi connectivity index (χ0v) is 10.9. The molecule has 0 aromatic carbocycles. The molecular weight excluding hydrogens is 257 g/mol. The number of piperidine rings is 1. The van der Waals surface area contributed by atoms with Crippen LogP contribution in [0.1, 0.15) is 12.8 Å². The van der Waals surface area contributed by atoms with Gasteiger partial charge in [-0.1, -0.05) is 11.6 Å². The molecule has 98 valence electrons. The van der Waals surface area contributed by atoms with Crippen molar-refractivity contribution in [1.29, 1.82) is 0 Å². The summed E-state index contributed by atoms with van der Waals surface area (Å²) in [5, 5.41) is 2.90. The molecule has 2 rings (SSSR count). The van der Waals surface area contributed by atoms with Gasteiger partial charge in [-0.25, -0.2) is 9.37 Å². The second-order valence-electron chi connectivity index (χ2n) is 4.36. The maximum Gasteiger partial charge on any atom is 0.224 e. The van der Waals surface area contributed by atoms with E-state index in [0.29, 0.717) is 13.1 Å². The van der Waals surface area contributed by atoms with E-state index in [9.17, 15) is 9.18 Å². The van der Waals surface area contributed by atoms with Crippen LogP contribution in [-0.2, 0) is 4.79 Å². The first kappa shape index (κ1) is 13.1. The molecule has 4 nitrogen and oxygen atoms in total. The molecule has 1 aliphatic heterocycles. The highest BCUT2D eigenvalue weighted by atomic mass is 35.5. The second kappa shape index (κ2) is 5.52. The molecule has 1 aromatic rings. The van der Waals surface area contributed by atoms with Gasteiger partial charge < -0.3 is 10.2 Å². The van der Waals surface area contributed by atoms with Crippen LogP contribution in [0.25, 0.3) is 0 Å². The van der Waals surface area contributed by atoms with Crippen molar-refractivity contribution in [2.24, 2.45) is 5.92 Å². The quantitative estimate of drug-likeness (QED) is 0.893. The van der Waals surface area contributed by atoms with Crippen LogP contribution in [0.3, 0.4) is 0 Å². The molecule has 1 atom stereocenters. The van der Waals surface area contributed by atoms with Crippen LogP contribution in [0.15, 0.2) is 12.3 Å². The van der Waals surface area contributed by atoms with E-state index in [1.54, 1.807) is 11.9 Å². The zero-order chi connectivity index (χ0) is 13.1. The molecule has 1 N–H and O–H groups in total. The topological polar surface area (TPSA) is 45.2 Å². The van der Waals surface area contributed by atoms with Gasteiger partial charge in [0.15, 0.2) is 11.6 Å². The molecule has 18 heavy (non-hydrogen) atoms. The average Bonchev–Trinajstić information content (AvgIpc) is 2.38. The van der Waals surface area contributed by atoms with Crippen LogP contribution in [0, 0.1) is 11.7 Å². The van der Waals surface area contributed by atoms with E-state index in [1.165, 1.54) is 12.3 Å². The molecule has 0 saturated carbocycles. The third kappa shape index (κ3) is 2.72. The van der Waals surface area contributed by atoms with Gasteiger partial charge in [-0.15, -0.1) is 0 Å². The number of hydrogen-bond donors (Lipinski definition) is 1. The molecule has 0 bridgehead atoms. The van der Waals surface area contributed by atoms with E-state index >= 15 is 0 Å². The molecule has 1 amide bonds. The maximum atomic E-state index is 13.8. The van der Waals surface area contributed by atoms with Gasteiger partial charge in [0.1, 0.15) is 0 Å². The van der Waals surface area contributed by atoms with Gasteiger partial charge in [-0.05, 0) is 18.9 Å². The number of carbonyl (C=O) groups is 1. The smallest absolute Gasteiger partial charge is 0.224 e. The van der Waals surface area contributed by atoms with Crippen LogP contribution in [0.4, 0.5) is 10.2 Å². The molecule has 2 heterocycles. The first-order chi connectivity index (χ1) is 8.61. The Bertz CT molecular complexity index is 455. The molecule has 0 radical (unpaired) electrons. The monoisotopic (exact) mass is 271 g/mol. The van der Waals surface area contributed by atoms with E-state index in [1.807, 2.05) is 0 Å². The van der Waals surface area contributed by atoms with Gasteiger partial charge in [0.2, 0.25) is 5.91 Å². The maximum absolute atomic E-state index is 13.8. The number of amides is 1. The van der Waals surface area contributed by atoms with Crippen molar-refractivity contribution < 1.29 is 9.18 Å². The highest BCUT2D eigenvalue weighted by Crippen LogP contribution is 2.25. The van der Waals surface area contributed by atoms with Crippen molar-refractivity contribution in [3.8, 4) is 0 Å². The molecule has 6 heteroatoms. The third-order valence-corrected chi connectivity index (χ3v) is 3.33. The Hall–Kier alpha value is -1.36. The molecule has 0 aliphatic carbocycles. The Morgan fingerprint density at radius 2 is 2.44 bits per heavy atom. The molecule has 1 fully saturated rings. The number of carbonyl (C=O) groups excluding carboxylic acids is 1. The number of rotatable bonds is 2. The van der Waals surface area contributed by atoms with Gasteiger partial charge in [0.25, 0.3) is 0 Å². The summed E-state index contributed by atoms with van der Waals surface area (Å²) < 4.78 is 13.8. The minimum Gasteiger partial charge on any atom is -0.359 e. The van der Waals surface area contributed by atoms with Crippen molar-refractivity contribution in [1.82, 2.24) is 10.3 Å². The van der Waals surface area contributed by atoms with Crippen LogP contribution < -0.4 is 10.2 Å². The lowest BCUT2D eigenvalue weighted by Crippen LogP contribution is -2.42. The number of nitrogens with zero attached hydrogens (tertiary/aromatic N) is 2. The molecule has 1 aliphatic rings. The van der Waals surface area contributed by atoms with Crippen molar-refractivity contribution in [2.45, 2.75) is 12.8 Å². The number of hydrogen-bond acceptors (Lipinski definition) is 3.